The summed E-state index contributed by atoms with van der Waals surface area (Å²) in [7, 11) is 0. The number of H-pyrrole nitrogens is 1. The molecule has 0 amide bonds. The second kappa shape index (κ2) is 6.93. The summed E-state index contributed by atoms with van der Waals surface area (Å²) in [6, 6.07) is 11.3. The van der Waals surface area contributed by atoms with Crippen LogP contribution >= 0.6 is 12.4 Å². The molecule has 3 rings (SSSR count). The lowest BCUT2D eigenvalue weighted by Gasteiger charge is -2.08. The molecule has 24 heavy (non-hydrogen) atoms. The van der Waals surface area contributed by atoms with Gasteiger partial charge in [0.25, 0.3) is 5.69 Å². The Morgan fingerprint density at radius 3 is 2.38 bits per heavy atom. The van der Waals surface area contributed by atoms with Crippen molar-refractivity contribution in [2.45, 2.75) is 20.8 Å². The third kappa shape index (κ3) is 3.21. The van der Waals surface area contributed by atoms with Gasteiger partial charge in [-0.15, -0.1) is 12.4 Å². The lowest BCUT2D eigenvalue weighted by Crippen LogP contribution is -1.98. The Kier molecular flexibility index (Phi) is 5.14. The summed E-state index contributed by atoms with van der Waals surface area (Å²) in [6.45, 7) is 6.89. The molecule has 126 valence electrons. The summed E-state index contributed by atoms with van der Waals surface area (Å²) in [4.78, 5) is 14.1. The third-order valence-corrected chi connectivity index (χ3v) is 3.86. The molecule has 2 N–H and O–H groups in total. The van der Waals surface area contributed by atoms with Crippen molar-refractivity contribution in [2.75, 3.05) is 11.9 Å². The molecule has 3 aromatic rings. The minimum Gasteiger partial charge on any atom is -0.383 e. The van der Waals surface area contributed by atoms with Crippen LogP contribution in [0.4, 0.5) is 11.4 Å². The lowest BCUT2D eigenvalue weighted by atomic mass is 10.0. The van der Waals surface area contributed by atoms with Crippen molar-refractivity contribution in [2.24, 2.45) is 0 Å². The van der Waals surface area contributed by atoms with Crippen LogP contribution in [0.15, 0.2) is 36.4 Å². The maximum atomic E-state index is 11.1. The highest BCUT2D eigenvalue weighted by atomic mass is 35.5. The number of hydrogen-bond acceptors (Lipinski definition) is 3. The van der Waals surface area contributed by atoms with Gasteiger partial charge in [0.05, 0.1) is 16.3 Å². The van der Waals surface area contributed by atoms with E-state index in [1.54, 1.807) is 12.1 Å². The first-order chi connectivity index (χ1) is 11.0. The van der Waals surface area contributed by atoms with Gasteiger partial charge in [-0.1, -0.05) is 17.2 Å². The maximum Gasteiger partial charge on any atom is 0.270 e. The van der Waals surface area contributed by atoms with Gasteiger partial charge in [0.1, 0.15) is 0 Å². The van der Waals surface area contributed by atoms with E-state index in [1.807, 2.05) is 6.92 Å². The van der Waals surface area contributed by atoms with Crippen LogP contribution in [0.3, 0.4) is 0 Å². The van der Waals surface area contributed by atoms with Crippen molar-refractivity contribution in [1.82, 2.24) is 4.98 Å². The molecular weight excluding hydrogens is 326 g/mol. The molecule has 0 fully saturated rings. The van der Waals surface area contributed by atoms with Crippen LogP contribution in [0.2, 0.25) is 0 Å². The monoisotopic (exact) mass is 345 g/mol. The number of benzene rings is 2. The number of hydrogen-bond donors (Lipinski definition) is 2. The summed E-state index contributed by atoms with van der Waals surface area (Å²) >= 11 is 0. The van der Waals surface area contributed by atoms with E-state index in [2.05, 4.69) is 42.3 Å². The molecule has 0 spiro atoms. The predicted molar refractivity (Wildman–Crippen MR) is 101 cm³/mol. The van der Waals surface area contributed by atoms with Gasteiger partial charge in [0, 0.05) is 35.1 Å². The van der Waals surface area contributed by atoms with Crippen LogP contribution in [-0.2, 0) is 0 Å². The molecule has 0 atom stereocenters. The van der Waals surface area contributed by atoms with Crippen LogP contribution < -0.4 is 5.32 Å². The van der Waals surface area contributed by atoms with Gasteiger partial charge in [-0.05, 0) is 39.0 Å². The molecule has 5 nitrogen and oxygen atoms in total. The predicted octanol–water partition coefficient (Wildman–Crippen LogP) is 5.21. The fraction of sp³-hybridized carbons (Fsp3) is 0.222. The van der Waals surface area contributed by atoms with Crippen LogP contribution in [-0.4, -0.2) is 16.5 Å². The summed E-state index contributed by atoms with van der Waals surface area (Å²) in [6.07, 6.45) is 0. The van der Waals surface area contributed by atoms with Gasteiger partial charge in [-0.3, -0.25) is 10.1 Å². The lowest BCUT2D eigenvalue weighted by molar-refractivity contribution is -0.384. The highest BCUT2D eigenvalue weighted by molar-refractivity contribution is 6.02. The van der Waals surface area contributed by atoms with Crippen LogP contribution in [0, 0.1) is 24.0 Å². The molecule has 0 saturated heterocycles. The van der Waals surface area contributed by atoms with E-state index >= 15 is 0 Å². The van der Waals surface area contributed by atoms with E-state index < -0.39 is 0 Å². The Hall–Kier alpha value is -2.53. The van der Waals surface area contributed by atoms with Gasteiger partial charge in [0.15, 0.2) is 0 Å². The first-order valence-corrected chi connectivity index (χ1v) is 7.62. The zero-order chi connectivity index (χ0) is 16.6. The van der Waals surface area contributed by atoms with Crippen LogP contribution in [0.5, 0.6) is 0 Å². The van der Waals surface area contributed by atoms with Crippen LogP contribution in [0.1, 0.15) is 18.1 Å². The van der Waals surface area contributed by atoms with Crippen molar-refractivity contribution in [3.8, 4) is 11.3 Å². The largest absolute Gasteiger partial charge is 0.383 e. The number of nitrogens with zero attached hydrogens (tertiary/aromatic N) is 1. The minimum absolute atomic E-state index is 0. The minimum atomic E-state index is -0.362. The summed E-state index contributed by atoms with van der Waals surface area (Å²) in [5.74, 6) is 0. The molecule has 0 aliphatic heterocycles. The van der Waals surface area contributed by atoms with E-state index in [0.29, 0.717) is 0 Å². The number of non-ortho nitro benzene ring substituents is 1. The molecule has 1 aromatic heterocycles. The van der Waals surface area contributed by atoms with Gasteiger partial charge >= 0.3 is 0 Å². The quantitative estimate of drug-likeness (QED) is 0.503. The average Bonchev–Trinajstić information content (AvgIpc) is 2.85. The van der Waals surface area contributed by atoms with E-state index in [0.717, 1.165) is 34.4 Å². The fourth-order valence-electron chi connectivity index (χ4n) is 2.99. The highest BCUT2D eigenvalue weighted by Gasteiger charge is 2.16. The third-order valence-electron chi connectivity index (χ3n) is 3.86. The molecule has 2 aromatic carbocycles. The van der Waals surface area contributed by atoms with E-state index in [-0.39, 0.29) is 23.0 Å². The number of aryl methyl sites for hydroxylation is 2. The molecule has 0 aliphatic carbocycles. The topological polar surface area (TPSA) is 71.0 Å². The maximum absolute atomic E-state index is 11.1. The number of rotatable bonds is 4. The highest BCUT2D eigenvalue weighted by Crippen LogP contribution is 2.37. The zero-order valence-electron chi connectivity index (χ0n) is 13.8. The smallest absolute Gasteiger partial charge is 0.270 e. The van der Waals surface area contributed by atoms with Gasteiger partial charge < -0.3 is 10.3 Å². The number of halogens is 1. The van der Waals surface area contributed by atoms with Crippen LogP contribution in [0.25, 0.3) is 22.2 Å². The zero-order valence-corrected chi connectivity index (χ0v) is 14.7. The van der Waals surface area contributed by atoms with Crippen molar-refractivity contribution in [3.05, 3.63) is 57.6 Å². The fourth-order valence-corrected chi connectivity index (χ4v) is 2.99. The Balaban J connectivity index is 0.00000208. The molecule has 0 aliphatic rings. The Labute approximate surface area is 146 Å². The van der Waals surface area contributed by atoms with Crippen molar-refractivity contribution < 1.29 is 4.92 Å². The Bertz CT molecular complexity index is 882. The standard InChI is InChI=1S/C18H19N3O2.ClH/c1-4-19-18-15-10-14(21(22)23)5-6-16(15)20-17(18)13-8-11(2)7-12(3)9-13;/h5-10,19-20H,4H2,1-3H3;1H. The summed E-state index contributed by atoms with van der Waals surface area (Å²) in [5, 5.41) is 15.2. The second-order valence-corrected chi connectivity index (χ2v) is 5.77. The molecule has 1 heterocycles. The van der Waals surface area contributed by atoms with E-state index in [1.165, 1.54) is 17.2 Å². The van der Waals surface area contributed by atoms with Gasteiger partial charge in [0.2, 0.25) is 0 Å². The number of nitrogens with one attached hydrogen (secondary N) is 2. The summed E-state index contributed by atoms with van der Waals surface area (Å²) in [5.41, 5.74) is 6.32. The van der Waals surface area contributed by atoms with E-state index in [4.69, 9.17) is 0 Å². The number of anilines is 1. The number of fused-ring (bicyclic) bond motifs is 1. The molecular formula is C18H20ClN3O2. The Morgan fingerprint density at radius 1 is 1.12 bits per heavy atom. The number of nitro benzene ring substituents is 1. The normalized spacial score (nSPS) is 10.5. The van der Waals surface area contributed by atoms with Crippen molar-refractivity contribution in [3.63, 3.8) is 0 Å². The first kappa shape index (κ1) is 17.8. The summed E-state index contributed by atoms with van der Waals surface area (Å²) < 4.78 is 0. The SMILES string of the molecule is CCNc1c(-c2cc(C)cc(C)c2)[nH]c2ccc([N+](=O)[O-])cc12.Cl. The average molecular weight is 346 g/mol. The molecule has 0 radical (unpaired) electrons. The van der Waals surface area contributed by atoms with Crippen molar-refractivity contribution >= 4 is 34.7 Å². The van der Waals surface area contributed by atoms with Gasteiger partial charge in [-0.25, -0.2) is 0 Å². The molecule has 6 heteroatoms. The Morgan fingerprint density at radius 2 is 1.79 bits per heavy atom. The van der Waals surface area contributed by atoms with E-state index in [9.17, 15) is 10.1 Å². The number of aromatic nitrogens is 1. The molecule has 0 bridgehead atoms. The molecule has 0 saturated carbocycles. The molecule has 0 unspecified atom stereocenters. The number of aromatic amines is 1. The number of nitro groups is 1. The second-order valence-electron chi connectivity index (χ2n) is 5.77. The van der Waals surface area contributed by atoms with Gasteiger partial charge in [-0.2, -0.15) is 0 Å². The first-order valence-electron chi connectivity index (χ1n) is 7.62. The van der Waals surface area contributed by atoms with Crippen molar-refractivity contribution in [1.29, 1.82) is 0 Å².